The number of methoxy groups -OCH3 is 1. The van der Waals surface area contributed by atoms with E-state index in [2.05, 4.69) is 5.32 Å². The standard InChI is InChI=1S/C19H22N2O4/c1-3-24-18-10-5-4-9-17(18)20-19(22)21-12-16(13-21)25-15-8-6-7-14(11-15)23-2/h4-11,16H,3,12-13H2,1-2H3,(H,20,22). The van der Waals surface area contributed by atoms with Crippen molar-refractivity contribution in [3.8, 4) is 17.2 Å². The second-order valence-electron chi connectivity index (χ2n) is 5.68. The summed E-state index contributed by atoms with van der Waals surface area (Å²) < 4.78 is 16.6. The van der Waals surface area contributed by atoms with E-state index < -0.39 is 0 Å². The Morgan fingerprint density at radius 2 is 1.92 bits per heavy atom. The average molecular weight is 342 g/mol. The zero-order valence-corrected chi connectivity index (χ0v) is 14.4. The van der Waals surface area contributed by atoms with Crippen molar-refractivity contribution in [1.82, 2.24) is 4.90 Å². The first-order valence-corrected chi connectivity index (χ1v) is 8.28. The third kappa shape index (κ3) is 4.15. The second kappa shape index (κ2) is 7.79. The first kappa shape index (κ1) is 17.0. The molecule has 1 fully saturated rings. The van der Waals surface area contributed by atoms with Gasteiger partial charge in [0.15, 0.2) is 0 Å². The minimum atomic E-state index is -0.155. The molecule has 0 bridgehead atoms. The molecule has 2 amide bonds. The smallest absolute Gasteiger partial charge is 0.322 e. The van der Waals surface area contributed by atoms with Gasteiger partial charge in [-0.25, -0.2) is 4.79 Å². The molecule has 1 saturated heterocycles. The number of likely N-dealkylation sites (tertiary alicyclic amines) is 1. The number of amides is 2. The molecule has 2 aromatic carbocycles. The van der Waals surface area contributed by atoms with Crippen LogP contribution in [0.1, 0.15) is 6.92 Å². The van der Waals surface area contributed by atoms with Crippen LogP contribution in [-0.2, 0) is 0 Å². The van der Waals surface area contributed by atoms with Gasteiger partial charge in [-0.15, -0.1) is 0 Å². The highest BCUT2D eigenvalue weighted by Crippen LogP contribution is 2.26. The van der Waals surface area contributed by atoms with Crippen LogP contribution in [0.4, 0.5) is 10.5 Å². The summed E-state index contributed by atoms with van der Waals surface area (Å²) in [5.41, 5.74) is 0.673. The Morgan fingerprint density at radius 1 is 1.16 bits per heavy atom. The van der Waals surface area contributed by atoms with Gasteiger partial charge in [-0.1, -0.05) is 18.2 Å². The zero-order valence-electron chi connectivity index (χ0n) is 14.4. The van der Waals surface area contributed by atoms with Crippen molar-refractivity contribution in [2.24, 2.45) is 0 Å². The fraction of sp³-hybridized carbons (Fsp3) is 0.316. The number of carbonyl (C=O) groups excluding carboxylic acids is 1. The SMILES string of the molecule is CCOc1ccccc1NC(=O)N1CC(Oc2cccc(OC)c2)C1. The summed E-state index contributed by atoms with van der Waals surface area (Å²) in [5, 5.41) is 2.89. The molecule has 0 radical (unpaired) electrons. The molecular formula is C19H22N2O4. The van der Waals surface area contributed by atoms with E-state index >= 15 is 0 Å². The van der Waals surface area contributed by atoms with E-state index in [-0.39, 0.29) is 12.1 Å². The Balaban J connectivity index is 1.51. The first-order valence-electron chi connectivity index (χ1n) is 8.28. The summed E-state index contributed by atoms with van der Waals surface area (Å²) in [7, 11) is 1.62. The molecule has 6 nitrogen and oxygen atoms in total. The quantitative estimate of drug-likeness (QED) is 0.874. The van der Waals surface area contributed by atoms with Crippen LogP contribution in [-0.4, -0.2) is 43.8 Å². The van der Waals surface area contributed by atoms with E-state index in [1.165, 1.54) is 0 Å². The number of hydrogen-bond donors (Lipinski definition) is 1. The Bertz CT molecular complexity index is 729. The molecule has 25 heavy (non-hydrogen) atoms. The van der Waals surface area contributed by atoms with Crippen LogP contribution >= 0.6 is 0 Å². The fourth-order valence-corrected chi connectivity index (χ4v) is 2.59. The number of benzene rings is 2. The van der Waals surface area contributed by atoms with E-state index in [4.69, 9.17) is 14.2 Å². The van der Waals surface area contributed by atoms with Gasteiger partial charge < -0.3 is 24.4 Å². The van der Waals surface area contributed by atoms with E-state index in [1.807, 2.05) is 55.5 Å². The predicted octanol–water partition coefficient (Wildman–Crippen LogP) is 3.39. The lowest BCUT2D eigenvalue weighted by Crippen LogP contribution is -2.57. The number of nitrogens with zero attached hydrogens (tertiary/aromatic N) is 1. The van der Waals surface area contributed by atoms with Gasteiger partial charge in [0.2, 0.25) is 0 Å². The summed E-state index contributed by atoms with van der Waals surface area (Å²) in [4.78, 5) is 14.0. The molecule has 0 atom stereocenters. The zero-order chi connectivity index (χ0) is 17.6. The number of nitrogens with one attached hydrogen (secondary N) is 1. The van der Waals surface area contributed by atoms with Crippen LogP contribution in [0.3, 0.4) is 0 Å². The molecule has 3 rings (SSSR count). The van der Waals surface area contributed by atoms with Crippen LogP contribution in [0.15, 0.2) is 48.5 Å². The van der Waals surface area contributed by atoms with Gasteiger partial charge in [0, 0.05) is 6.07 Å². The van der Waals surface area contributed by atoms with Crippen LogP contribution < -0.4 is 19.5 Å². The van der Waals surface area contributed by atoms with Crippen molar-refractivity contribution in [3.63, 3.8) is 0 Å². The molecule has 6 heteroatoms. The highest BCUT2D eigenvalue weighted by molar-refractivity contribution is 5.91. The molecule has 0 unspecified atom stereocenters. The maximum atomic E-state index is 12.3. The van der Waals surface area contributed by atoms with Gasteiger partial charge in [-0.2, -0.15) is 0 Å². The topological polar surface area (TPSA) is 60.0 Å². The Labute approximate surface area is 147 Å². The summed E-state index contributed by atoms with van der Waals surface area (Å²) in [6, 6.07) is 14.7. The number of hydrogen-bond acceptors (Lipinski definition) is 4. The Kier molecular flexibility index (Phi) is 5.28. The second-order valence-corrected chi connectivity index (χ2v) is 5.68. The van der Waals surface area contributed by atoms with Crippen LogP contribution in [0.5, 0.6) is 17.2 Å². The average Bonchev–Trinajstić information content (AvgIpc) is 2.59. The number of rotatable bonds is 6. The van der Waals surface area contributed by atoms with E-state index in [0.29, 0.717) is 31.1 Å². The number of anilines is 1. The molecule has 132 valence electrons. The monoisotopic (exact) mass is 342 g/mol. The van der Waals surface area contributed by atoms with Crippen LogP contribution in [0, 0.1) is 0 Å². The van der Waals surface area contributed by atoms with E-state index in [9.17, 15) is 4.79 Å². The van der Waals surface area contributed by atoms with Crippen LogP contribution in [0.2, 0.25) is 0 Å². The summed E-state index contributed by atoms with van der Waals surface area (Å²) in [5.74, 6) is 2.16. The highest BCUT2D eigenvalue weighted by Gasteiger charge is 2.32. The lowest BCUT2D eigenvalue weighted by Gasteiger charge is -2.38. The molecule has 1 heterocycles. The fourth-order valence-electron chi connectivity index (χ4n) is 2.59. The van der Waals surface area contributed by atoms with Gasteiger partial charge in [0.1, 0.15) is 23.4 Å². The maximum absolute atomic E-state index is 12.3. The number of urea groups is 1. The molecule has 0 saturated carbocycles. The minimum absolute atomic E-state index is 0.0139. The summed E-state index contributed by atoms with van der Waals surface area (Å²) >= 11 is 0. The predicted molar refractivity (Wildman–Crippen MR) is 95.6 cm³/mol. The Hall–Kier alpha value is -2.89. The lowest BCUT2D eigenvalue weighted by atomic mass is 10.2. The first-order chi connectivity index (χ1) is 12.2. The van der Waals surface area contributed by atoms with Gasteiger partial charge in [-0.05, 0) is 31.2 Å². The lowest BCUT2D eigenvalue weighted by molar-refractivity contribution is 0.0491. The van der Waals surface area contributed by atoms with Gasteiger partial charge in [0.05, 0.1) is 32.5 Å². The van der Waals surface area contributed by atoms with Crippen molar-refractivity contribution in [2.45, 2.75) is 13.0 Å². The normalized spacial score (nSPS) is 13.8. The molecule has 1 N–H and O–H groups in total. The largest absolute Gasteiger partial charge is 0.497 e. The molecule has 0 aromatic heterocycles. The summed E-state index contributed by atoms with van der Waals surface area (Å²) in [6.45, 7) is 3.54. The van der Waals surface area contributed by atoms with E-state index in [0.717, 1.165) is 11.5 Å². The van der Waals surface area contributed by atoms with Crippen molar-refractivity contribution in [3.05, 3.63) is 48.5 Å². The van der Waals surface area contributed by atoms with Gasteiger partial charge in [0.25, 0.3) is 0 Å². The van der Waals surface area contributed by atoms with Gasteiger partial charge >= 0.3 is 6.03 Å². The molecule has 2 aromatic rings. The highest BCUT2D eigenvalue weighted by atomic mass is 16.5. The van der Waals surface area contributed by atoms with Crippen LogP contribution in [0.25, 0.3) is 0 Å². The van der Waals surface area contributed by atoms with Crippen molar-refractivity contribution < 1.29 is 19.0 Å². The summed E-state index contributed by atoms with van der Waals surface area (Å²) in [6.07, 6.45) is -0.0139. The minimum Gasteiger partial charge on any atom is -0.497 e. The number of carbonyl (C=O) groups is 1. The van der Waals surface area contributed by atoms with E-state index in [1.54, 1.807) is 12.0 Å². The van der Waals surface area contributed by atoms with Crippen molar-refractivity contribution in [1.29, 1.82) is 0 Å². The third-order valence-electron chi connectivity index (χ3n) is 3.91. The third-order valence-corrected chi connectivity index (χ3v) is 3.91. The number of para-hydroxylation sites is 2. The van der Waals surface area contributed by atoms with Crippen molar-refractivity contribution >= 4 is 11.7 Å². The number of ether oxygens (including phenoxy) is 3. The molecule has 0 aliphatic carbocycles. The molecule has 1 aliphatic rings. The Morgan fingerprint density at radius 3 is 2.68 bits per heavy atom. The maximum Gasteiger partial charge on any atom is 0.322 e. The molecular weight excluding hydrogens is 320 g/mol. The van der Waals surface area contributed by atoms with Crippen molar-refractivity contribution in [2.75, 3.05) is 32.1 Å². The molecule has 1 aliphatic heterocycles. The molecule has 0 spiro atoms. The van der Waals surface area contributed by atoms with Gasteiger partial charge in [-0.3, -0.25) is 0 Å².